The molecule has 160 valence electrons. The molecule has 0 bridgehead atoms. The smallest absolute Gasteiger partial charge is 0.414 e. The summed E-state index contributed by atoms with van der Waals surface area (Å²) in [6.45, 7) is 3.12. The number of anilines is 1. The predicted octanol–water partition coefficient (Wildman–Crippen LogP) is 2.23. The van der Waals surface area contributed by atoms with Gasteiger partial charge in [0.25, 0.3) is 0 Å². The minimum absolute atomic E-state index is 0.241. The lowest BCUT2D eigenvalue weighted by molar-refractivity contribution is 0.0327. The maximum Gasteiger partial charge on any atom is 0.414 e. The van der Waals surface area contributed by atoms with Gasteiger partial charge in [-0.1, -0.05) is 0 Å². The zero-order valence-corrected chi connectivity index (χ0v) is 17.1. The van der Waals surface area contributed by atoms with Crippen LogP contribution in [0.5, 0.6) is 5.75 Å². The zero-order valence-electron chi connectivity index (χ0n) is 17.1. The lowest BCUT2D eigenvalue weighted by Crippen LogP contribution is -2.40. The molecular weight excluding hydrogens is 389 g/mol. The highest BCUT2D eigenvalue weighted by Crippen LogP contribution is 2.30. The zero-order chi connectivity index (χ0) is 21.3. The molecule has 2 heterocycles. The number of rotatable bonds is 7. The number of hydrogen-bond acceptors (Lipinski definition) is 6. The van der Waals surface area contributed by atoms with Crippen LogP contribution in [0.15, 0.2) is 30.5 Å². The molecule has 0 radical (unpaired) electrons. The van der Waals surface area contributed by atoms with E-state index in [1.165, 1.54) is 11.1 Å². The average molecular weight is 415 g/mol. The average Bonchev–Trinajstić information content (AvgIpc) is 3.35. The number of aromatic nitrogens is 1. The number of carbonyl (C=O) groups excluding carboxylic acids is 1. The number of hydrogen-bond donors (Lipinski definition) is 2. The van der Waals surface area contributed by atoms with Gasteiger partial charge in [-0.15, -0.1) is 0 Å². The number of aliphatic hydroxyl groups is 1. The van der Waals surface area contributed by atoms with Crippen molar-refractivity contribution in [1.82, 2.24) is 10.3 Å². The van der Waals surface area contributed by atoms with Crippen LogP contribution in [0.3, 0.4) is 0 Å². The van der Waals surface area contributed by atoms with E-state index in [4.69, 9.17) is 9.47 Å². The molecule has 3 atom stereocenters. The lowest BCUT2D eigenvalue weighted by Gasteiger charge is -2.18. The third kappa shape index (κ3) is 4.11. The number of halogens is 1. The second-order valence-electron chi connectivity index (χ2n) is 7.88. The number of nitrogens with zero attached hydrogens (tertiary/aromatic N) is 2. The summed E-state index contributed by atoms with van der Waals surface area (Å²) in [4.78, 5) is 17.8. The fourth-order valence-electron chi connectivity index (χ4n) is 4.18. The number of carbonyl (C=O) groups is 1. The van der Waals surface area contributed by atoms with Crippen LogP contribution in [-0.2, 0) is 17.6 Å². The van der Waals surface area contributed by atoms with Crippen LogP contribution in [0.2, 0.25) is 0 Å². The van der Waals surface area contributed by atoms with Crippen LogP contribution < -0.4 is 15.0 Å². The number of fused-ring (bicyclic) bond motifs is 1. The molecule has 2 aromatic rings. The minimum Gasteiger partial charge on any atom is -0.497 e. The summed E-state index contributed by atoms with van der Waals surface area (Å²) in [6, 6.07) is 7.10. The first-order valence-electron chi connectivity index (χ1n) is 10.1. The van der Waals surface area contributed by atoms with Crippen molar-refractivity contribution in [3.63, 3.8) is 0 Å². The van der Waals surface area contributed by atoms with Gasteiger partial charge in [0.05, 0.1) is 19.9 Å². The highest BCUT2D eigenvalue weighted by molar-refractivity contribution is 5.89. The van der Waals surface area contributed by atoms with Crippen molar-refractivity contribution in [3.05, 3.63) is 53.1 Å². The molecule has 1 aliphatic heterocycles. The van der Waals surface area contributed by atoms with E-state index in [1.54, 1.807) is 31.4 Å². The van der Waals surface area contributed by atoms with E-state index in [9.17, 15) is 14.3 Å². The Morgan fingerprint density at radius 2 is 2.07 bits per heavy atom. The minimum atomic E-state index is -0.832. The Morgan fingerprint density at radius 1 is 1.33 bits per heavy atom. The molecule has 1 fully saturated rings. The van der Waals surface area contributed by atoms with Gasteiger partial charge in [0.1, 0.15) is 23.8 Å². The molecule has 30 heavy (non-hydrogen) atoms. The van der Waals surface area contributed by atoms with Gasteiger partial charge in [0, 0.05) is 17.9 Å². The van der Waals surface area contributed by atoms with E-state index < -0.39 is 18.3 Å². The Hall–Kier alpha value is -2.71. The van der Waals surface area contributed by atoms with Crippen molar-refractivity contribution >= 4 is 11.8 Å². The van der Waals surface area contributed by atoms with Gasteiger partial charge in [0.15, 0.2) is 0 Å². The van der Waals surface area contributed by atoms with E-state index in [2.05, 4.69) is 10.3 Å². The van der Waals surface area contributed by atoms with E-state index >= 15 is 0 Å². The number of cyclic esters (lactones) is 1. The molecule has 7 nitrogen and oxygen atoms in total. The number of aryl methyl sites for hydroxylation is 1. The van der Waals surface area contributed by atoms with E-state index in [-0.39, 0.29) is 18.3 Å². The summed E-state index contributed by atoms with van der Waals surface area (Å²) >= 11 is 0. The van der Waals surface area contributed by atoms with E-state index in [0.717, 1.165) is 23.2 Å². The maximum absolute atomic E-state index is 14.0. The fourth-order valence-corrected chi connectivity index (χ4v) is 4.18. The highest BCUT2D eigenvalue weighted by atomic mass is 19.1. The third-order valence-corrected chi connectivity index (χ3v) is 5.88. The molecule has 2 N–H and O–H groups in total. The van der Waals surface area contributed by atoms with Gasteiger partial charge >= 0.3 is 6.09 Å². The van der Waals surface area contributed by atoms with Crippen molar-refractivity contribution in [2.45, 2.75) is 32.0 Å². The van der Waals surface area contributed by atoms with Crippen molar-refractivity contribution in [2.24, 2.45) is 5.92 Å². The topological polar surface area (TPSA) is 83.9 Å². The monoisotopic (exact) mass is 415 g/mol. The number of pyridine rings is 1. The van der Waals surface area contributed by atoms with Gasteiger partial charge in [0.2, 0.25) is 0 Å². The Balaban J connectivity index is 1.27. The van der Waals surface area contributed by atoms with Crippen LogP contribution in [-0.4, -0.2) is 55.1 Å². The first kappa shape index (κ1) is 20.6. The number of aliphatic hydroxyl groups excluding tert-OH is 1. The first-order valence-corrected chi connectivity index (χ1v) is 10.1. The number of methoxy groups -OCH3 is 1. The molecule has 4 rings (SSSR count). The van der Waals surface area contributed by atoms with E-state index in [1.807, 2.05) is 6.92 Å². The summed E-state index contributed by atoms with van der Waals surface area (Å²) < 4.78 is 24.5. The Labute approximate surface area is 174 Å². The molecule has 2 aliphatic rings. The summed E-state index contributed by atoms with van der Waals surface area (Å²) in [6.07, 6.45) is 0.805. The van der Waals surface area contributed by atoms with Gasteiger partial charge < -0.3 is 19.9 Å². The number of nitrogens with one attached hydrogen (secondary N) is 1. The van der Waals surface area contributed by atoms with Gasteiger partial charge in [-0.25, -0.2) is 9.18 Å². The predicted molar refractivity (Wildman–Crippen MR) is 109 cm³/mol. The van der Waals surface area contributed by atoms with Gasteiger partial charge in [-0.05, 0) is 67.6 Å². The third-order valence-electron chi connectivity index (χ3n) is 5.88. The second kappa shape index (κ2) is 8.57. The van der Waals surface area contributed by atoms with Crippen molar-refractivity contribution in [2.75, 3.05) is 31.6 Å². The van der Waals surface area contributed by atoms with E-state index in [0.29, 0.717) is 30.9 Å². The number of amides is 1. The summed E-state index contributed by atoms with van der Waals surface area (Å²) in [5.41, 5.74) is 3.33. The van der Waals surface area contributed by atoms with Crippen LogP contribution >= 0.6 is 0 Å². The largest absolute Gasteiger partial charge is 0.497 e. The lowest BCUT2D eigenvalue weighted by atomic mass is 10.1. The van der Waals surface area contributed by atoms with Gasteiger partial charge in [-0.3, -0.25) is 9.88 Å². The van der Waals surface area contributed by atoms with Crippen LogP contribution in [0.25, 0.3) is 0 Å². The molecule has 0 saturated carbocycles. The fraction of sp³-hybridized carbons (Fsp3) is 0.455. The van der Waals surface area contributed by atoms with Crippen molar-refractivity contribution < 1.29 is 23.8 Å². The van der Waals surface area contributed by atoms with Crippen molar-refractivity contribution in [1.29, 1.82) is 0 Å². The molecule has 1 aromatic heterocycles. The summed E-state index contributed by atoms with van der Waals surface area (Å²) in [5.74, 6) is 0.716. The van der Waals surface area contributed by atoms with Crippen LogP contribution in [0.1, 0.15) is 16.8 Å². The van der Waals surface area contributed by atoms with Crippen molar-refractivity contribution in [3.8, 4) is 5.75 Å². The van der Waals surface area contributed by atoms with Crippen LogP contribution in [0, 0.1) is 18.7 Å². The Morgan fingerprint density at radius 3 is 2.77 bits per heavy atom. The molecule has 0 spiro atoms. The molecule has 1 aliphatic carbocycles. The molecule has 1 saturated heterocycles. The second-order valence-corrected chi connectivity index (χ2v) is 7.88. The molecule has 1 unspecified atom stereocenters. The Bertz CT molecular complexity index is 890. The maximum atomic E-state index is 14.0. The summed E-state index contributed by atoms with van der Waals surface area (Å²) in [5, 5.41) is 13.7. The number of benzene rings is 1. The van der Waals surface area contributed by atoms with Gasteiger partial charge in [-0.2, -0.15) is 0 Å². The molecular formula is C22H26FN3O4. The van der Waals surface area contributed by atoms with Crippen LogP contribution in [0.4, 0.5) is 14.9 Å². The highest BCUT2D eigenvalue weighted by Gasteiger charge is 2.37. The normalized spacial score (nSPS) is 21.5. The SMILES string of the molecule is COc1ccc(N2C[C@H]([C@H](O)CNCC3Cc4c(F)cnc(C)c4C3)OC2=O)cc1. The Kier molecular flexibility index (Phi) is 5.87. The number of ether oxygens (including phenoxy) is 2. The standard InChI is InChI=1S/C22H26FN3O4/c1-13-17-7-14(8-18(17)19(23)10-25-13)9-24-11-20(27)21-12-26(22(28)30-21)15-3-5-16(29-2)6-4-15/h3-6,10,14,20-21,24,27H,7-9,11-12H2,1-2H3/t14?,20-,21-/m1/s1. The molecule has 8 heteroatoms. The quantitative estimate of drug-likeness (QED) is 0.722. The molecule has 1 aromatic carbocycles. The first-order chi connectivity index (χ1) is 14.5. The summed E-state index contributed by atoms with van der Waals surface area (Å²) in [7, 11) is 1.58. The molecule has 1 amide bonds.